The van der Waals surface area contributed by atoms with E-state index in [1.54, 1.807) is 6.07 Å². The van der Waals surface area contributed by atoms with E-state index in [4.69, 9.17) is 16.0 Å². The third kappa shape index (κ3) is 4.04. The average Bonchev–Trinajstić information content (AvgIpc) is 3.01. The number of halogens is 1. The van der Waals surface area contributed by atoms with Crippen LogP contribution >= 0.6 is 11.6 Å². The van der Waals surface area contributed by atoms with Gasteiger partial charge in [0.2, 0.25) is 10.0 Å². The number of methoxy groups -OCH3 is 1. The van der Waals surface area contributed by atoms with Crippen molar-refractivity contribution in [1.29, 1.82) is 0 Å². The number of phenolic OH excluding ortho intramolecular Hbond substituents is 1. The molecule has 2 N–H and O–H groups in total. The van der Waals surface area contributed by atoms with Crippen LogP contribution in [0.1, 0.15) is 5.56 Å². The van der Waals surface area contributed by atoms with E-state index >= 15 is 0 Å². The van der Waals surface area contributed by atoms with Gasteiger partial charge < -0.3 is 14.3 Å². The summed E-state index contributed by atoms with van der Waals surface area (Å²) in [5.74, 6) is -1.36. The molecule has 124 valence electrons. The van der Waals surface area contributed by atoms with Gasteiger partial charge >= 0.3 is 5.97 Å². The molecule has 0 aliphatic rings. The number of carbonyl (C=O) groups is 1. The second-order valence-electron chi connectivity index (χ2n) is 4.62. The number of ether oxygens (including phenoxy) is 1. The monoisotopic (exact) mass is 359 g/mol. The molecule has 9 heteroatoms. The first-order valence-electron chi connectivity index (χ1n) is 6.44. The third-order valence-electron chi connectivity index (χ3n) is 3.04. The van der Waals surface area contributed by atoms with E-state index < -0.39 is 32.7 Å². The van der Waals surface area contributed by atoms with Gasteiger partial charge in [0.15, 0.2) is 5.75 Å². The molecule has 7 nitrogen and oxygen atoms in total. The number of para-hydroxylation sites is 1. The fourth-order valence-electron chi connectivity index (χ4n) is 1.92. The number of carbonyl (C=O) groups excluding carboxylic acids is 1. The second-order valence-corrected chi connectivity index (χ2v) is 6.71. The van der Waals surface area contributed by atoms with Crippen LogP contribution in [0.5, 0.6) is 5.75 Å². The minimum atomic E-state index is -4.19. The van der Waals surface area contributed by atoms with Crippen LogP contribution in [-0.2, 0) is 26.0 Å². The molecule has 1 heterocycles. The van der Waals surface area contributed by atoms with Crippen molar-refractivity contribution in [3.05, 3.63) is 47.4 Å². The first-order valence-corrected chi connectivity index (χ1v) is 8.30. The van der Waals surface area contributed by atoms with Crippen LogP contribution in [0.3, 0.4) is 0 Å². The van der Waals surface area contributed by atoms with Crippen LogP contribution in [0.25, 0.3) is 0 Å². The Bertz CT molecular complexity index is 788. The van der Waals surface area contributed by atoms with E-state index in [2.05, 4.69) is 9.46 Å². The normalized spacial score (nSPS) is 12.8. The summed E-state index contributed by atoms with van der Waals surface area (Å²) in [4.78, 5) is 11.4. The van der Waals surface area contributed by atoms with Crippen molar-refractivity contribution in [2.24, 2.45) is 0 Å². The molecular formula is C14H14ClNO6S. The minimum absolute atomic E-state index is 0.0315. The molecule has 0 saturated heterocycles. The Morgan fingerprint density at radius 3 is 2.78 bits per heavy atom. The molecule has 0 aliphatic heterocycles. The van der Waals surface area contributed by atoms with Gasteiger partial charge in [-0.25, -0.2) is 8.42 Å². The van der Waals surface area contributed by atoms with Gasteiger partial charge in [0.1, 0.15) is 10.9 Å². The zero-order chi connectivity index (χ0) is 17.0. The van der Waals surface area contributed by atoms with Crippen molar-refractivity contribution < 1.29 is 27.5 Å². The lowest BCUT2D eigenvalue weighted by atomic mass is 10.1. The molecule has 1 aromatic carbocycles. The SMILES string of the molecule is COC(=O)C(Cc1ccoc1)NS(=O)(=O)c1cccc(Cl)c1O. The number of esters is 1. The molecular weight excluding hydrogens is 346 g/mol. The highest BCUT2D eigenvalue weighted by Crippen LogP contribution is 2.30. The Hall–Kier alpha value is -2.03. The lowest BCUT2D eigenvalue weighted by Gasteiger charge is -2.16. The van der Waals surface area contributed by atoms with Crippen molar-refractivity contribution in [3.8, 4) is 5.75 Å². The van der Waals surface area contributed by atoms with E-state index in [9.17, 15) is 18.3 Å². The summed E-state index contributed by atoms with van der Waals surface area (Å²) < 4.78 is 36.5. The lowest BCUT2D eigenvalue weighted by molar-refractivity contribution is -0.142. The van der Waals surface area contributed by atoms with E-state index in [0.717, 1.165) is 7.11 Å². The maximum Gasteiger partial charge on any atom is 0.324 e. The zero-order valence-electron chi connectivity index (χ0n) is 12.0. The topological polar surface area (TPSA) is 106 Å². The van der Waals surface area contributed by atoms with Crippen LogP contribution in [0.15, 0.2) is 46.1 Å². The number of rotatable bonds is 6. The fourth-order valence-corrected chi connectivity index (χ4v) is 3.46. The number of nitrogens with one attached hydrogen (secondary N) is 1. The molecule has 23 heavy (non-hydrogen) atoms. The summed E-state index contributed by atoms with van der Waals surface area (Å²) in [5, 5.41) is 9.70. The van der Waals surface area contributed by atoms with Crippen LogP contribution in [0.2, 0.25) is 5.02 Å². The highest BCUT2D eigenvalue weighted by Gasteiger charge is 2.29. The van der Waals surface area contributed by atoms with E-state index in [0.29, 0.717) is 5.56 Å². The first kappa shape index (κ1) is 17.3. The van der Waals surface area contributed by atoms with E-state index in [1.807, 2.05) is 0 Å². The van der Waals surface area contributed by atoms with Crippen molar-refractivity contribution in [2.45, 2.75) is 17.4 Å². The summed E-state index contributed by atoms with van der Waals surface area (Å²) in [7, 11) is -3.04. The molecule has 0 amide bonds. The molecule has 0 fully saturated rings. The first-order chi connectivity index (χ1) is 10.8. The summed E-state index contributed by atoms with van der Waals surface area (Å²) in [6.07, 6.45) is 2.83. The molecule has 0 aliphatic carbocycles. The smallest absolute Gasteiger partial charge is 0.324 e. The average molecular weight is 360 g/mol. The molecule has 2 aromatic rings. The summed E-state index contributed by atoms with van der Waals surface area (Å²) in [5.41, 5.74) is 0.610. The number of phenols is 1. The number of aromatic hydroxyl groups is 1. The molecule has 1 unspecified atom stereocenters. The van der Waals surface area contributed by atoms with E-state index in [-0.39, 0.29) is 11.4 Å². The predicted octanol–water partition coefficient (Wildman–Crippen LogP) is 1.70. The molecule has 0 saturated carbocycles. The van der Waals surface area contributed by atoms with Crippen LogP contribution in [-0.4, -0.2) is 32.6 Å². The fraction of sp³-hybridized carbons (Fsp3) is 0.214. The molecule has 1 atom stereocenters. The van der Waals surface area contributed by atoms with E-state index in [1.165, 1.54) is 30.7 Å². The second kappa shape index (κ2) is 7.03. The minimum Gasteiger partial charge on any atom is -0.505 e. The lowest BCUT2D eigenvalue weighted by Crippen LogP contribution is -2.42. The van der Waals surface area contributed by atoms with Gasteiger partial charge in [0.25, 0.3) is 0 Å². The highest BCUT2D eigenvalue weighted by atomic mass is 35.5. The number of hydrogen-bond acceptors (Lipinski definition) is 6. The Morgan fingerprint density at radius 2 is 2.17 bits per heavy atom. The molecule has 2 rings (SSSR count). The van der Waals surface area contributed by atoms with Gasteiger partial charge in [-0.05, 0) is 23.8 Å². The predicted molar refractivity (Wildman–Crippen MR) is 81.7 cm³/mol. The maximum absolute atomic E-state index is 12.4. The van der Waals surface area contributed by atoms with Gasteiger partial charge in [-0.3, -0.25) is 4.79 Å². The van der Waals surface area contributed by atoms with Gasteiger partial charge in [0, 0.05) is 6.42 Å². The number of furan rings is 1. The molecule has 0 bridgehead atoms. The van der Waals surface area contributed by atoms with Crippen LogP contribution in [0.4, 0.5) is 0 Å². The molecule has 0 spiro atoms. The number of sulfonamides is 1. The van der Waals surface area contributed by atoms with Gasteiger partial charge in [0.05, 0.1) is 24.7 Å². The maximum atomic E-state index is 12.4. The van der Waals surface area contributed by atoms with Crippen molar-refractivity contribution in [1.82, 2.24) is 4.72 Å². The van der Waals surface area contributed by atoms with Crippen molar-refractivity contribution in [2.75, 3.05) is 7.11 Å². The highest BCUT2D eigenvalue weighted by molar-refractivity contribution is 7.89. The molecule has 0 radical (unpaired) electrons. The Morgan fingerprint density at radius 1 is 1.43 bits per heavy atom. The van der Waals surface area contributed by atoms with Crippen molar-refractivity contribution >= 4 is 27.6 Å². The number of hydrogen-bond donors (Lipinski definition) is 2. The Labute approximate surface area is 137 Å². The standard InChI is InChI=1S/C14H14ClNO6S/c1-21-14(18)11(7-9-5-6-22-8-9)16-23(19,20)12-4-2-3-10(15)13(12)17/h2-6,8,11,16-17H,7H2,1H3. The van der Waals surface area contributed by atoms with Gasteiger partial charge in [-0.15, -0.1) is 0 Å². The van der Waals surface area contributed by atoms with Crippen LogP contribution in [0, 0.1) is 0 Å². The zero-order valence-corrected chi connectivity index (χ0v) is 13.6. The summed E-state index contributed by atoms with van der Waals surface area (Å²) in [6.45, 7) is 0. The van der Waals surface area contributed by atoms with Gasteiger partial charge in [-0.2, -0.15) is 4.72 Å². The largest absolute Gasteiger partial charge is 0.505 e. The third-order valence-corrected chi connectivity index (χ3v) is 4.85. The summed E-state index contributed by atoms with van der Waals surface area (Å²) in [6, 6.07) is 4.32. The van der Waals surface area contributed by atoms with Crippen molar-refractivity contribution in [3.63, 3.8) is 0 Å². The van der Waals surface area contributed by atoms with Crippen LogP contribution < -0.4 is 4.72 Å². The quantitative estimate of drug-likeness (QED) is 0.760. The summed E-state index contributed by atoms with van der Waals surface area (Å²) >= 11 is 5.72. The molecule has 1 aromatic heterocycles. The Balaban J connectivity index is 2.30. The number of benzene rings is 1. The van der Waals surface area contributed by atoms with Gasteiger partial charge in [-0.1, -0.05) is 17.7 Å². The Kier molecular flexibility index (Phi) is 5.30.